The van der Waals surface area contributed by atoms with E-state index in [9.17, 15) is 0 Å². The van der Waals surface area contributed by atoms with Crippen LogP contribution in [-0.2, 0) is 4.74 Å². The Labute approximate surface area is 239 Å². The molecule has 4 aromatic rings. The summed E-state index contributed by atoms with van der Waals surface area (Å²) in [5.41, 5.74) is 4.15. The first kappa shape index (κ1) is 26.5. The first-order valence-electron chi connectivity index (χ1n) is 13.8. The topological polar surface area (TPSA) is 94.6 Å². The molecule has 40 heavy (non-hydrogen) atoms. The van der Waals surface area contributed by atoms with Crippen molar-refractivity contribution in [2.45, 2.75) is 6.92 Å². The number of hydrogen-bond donors (Lipinski definition) is 2. The summed E-state index contributed by atoms with van der Waals surface area (Å²) >= 11 is 6.14. The highest BCUT2D eigenvalue weighted by Crippen LogP contribution is 2.25. The van der Waals surface area contributed by atoms with E-state index in [1.807, 2.05) is 42.6 Å². The average molecular weight is 560 g/mol. The van der Waals surface area contributed by atoms with E-state index in [1.54, 1.807) is 0 Å². The minimum atomic E-state index is 0.563. The van der Waals surface area contributed by atoms with Crippen molar-refractivity contribution in [3.8, 4) is 0 Å². The molecule has 0 atom stereocenters. The summed E-state index contributed by atoms with van der Waals surface area (Å²) in [6, 6.07) is 16.1. The maximum Gasteiger partial charge on any atom is 0.233 e. The van der Waals surface area contributed by atoms with E-state index < -0.39 is 0 Å². The minimum Gasteiger partial charge on any atom is -0.383 e. The highest BCUT2D eigenvalue weighted by molar-refractivity contribution is 6.31. The van der Waals surface area contributed by atoms with Crippen LogP contribution in [0.5, 0.6) is 0 Å². The average Bonchev–Trinajstić information content (AvgIpc) is 2.99. The summed E-state index contributed by atoms with van der Waals surface area (Å²) in [6.45, 7) is 10.4. The smallest absolute Gasteiger partial charge is 0.233 e. The number of rotatable bonds is 8. The molecule has 0 radical (unpaired) electrons. The van der Waals surface area contributed by atoms with E-state index in [1.165, 1.54) is 5.56 Å². The summed E-state index contributed by atoms with van der Waals surface area (Å²) in [5, 5.41) is 8.74. The second kappa shape index (κ2) is 12.2. The van der Waals surface area contributed by atoms with E-state index >= 15 is 0 Å². The fourth-order valence-corrected chi connectivity index (χ4v) is 5.18. The lowest BCUT2D eigenvalue weighted by Gasteiger charge is -2.35. The Hall–Kier alpha value is -3.73. The monoisotopic (exact) mass is 559 g/mol. The third kappa shape index (κ3) is 6.35. The van der Waals surface area contributed by atoms with E-state index in [0.717, 1.165) is 74.6 Å². The largest absolute Gasteiger partial charge is 0.383 e. The van der Waals surface area contributed by atoms with Crippen molar-refractivity contribution >= 4 is 51.7 Å². The van der Waals surface area contributed by atoms with Crippen molar-refractivity contribution < 1.29 is 4.74 Å². The quantitative estimate of drug-likeness (QED) is 0.327. The number of aromatic nitrogens is 4. The third-order valence-corrected chi connectivity index (χ3v) is 7.55. The van der Waals surface area contributed by atoms with Gasteiger partial charge in [-0.2, -0.15) is 15.0 Å². The van der Waals surface area contributed by atoms with Crippen molar-refractivity contribution in [1.82, 2.24) is 24.8 Å². The Balaban J connectivity index is 1.09. The van der Waals surface area contributed by atoms with Gasteiger partial charge in [-0.3, -0.25) is 9.88 Å². The summed E-state index contributed by atoms with van der Waals surface area (Å²) < 4.78 is 5.54. The molecule has 6 rings (SSSR count). The highest BCUT2D eigenvalue weighted by atomic mass is 35.5. The van der Waals surface area contributed by atoms with Gasteiger partial charge < -0.3 is 25.2 Å². The molecule has 4 heterocycles. The summed E-state index contributed by atoms with van der Waals surface area (Å²) in [5.74, 6) is 1.97. The maximum absolute atomic E-state index is 6.14. The SMILES string of the molecule is Cc1ccc(Nc2nc(N3CCOCC3)nc(N3CCN(CCNc4ccnc5cc(Cl)ccc45)CC3)n2)cc1. The van der Waals surface area contributed by atoms with E-state index in [4.69, 9.17) is 31.3 Å². The zero-order valence-electron chi connectivity index (χ0n) is 22.7. The van der Waals surface area contributed by atoms with Gasteiger partial charge in [-0.1, -0.05) is 29.3 Å². The normalized spacial score (nSPS) is 16.4. The number of hydrogen-bond acceptors (Lipinski definition) is 10. The molecule has 2 saturated heterocycles. The molecule has 2 aliphatic rings. The molecular formula is C29H34ClN9O. The molecule has 0 aliphatic carbocycles. The lowest BCUT2D eigenvalue weighted by molar-refractivity contribution is 0.122. The van der Waals surface area contributed by atoms with Crippen molar-refractivity contribution in [1.29, 1.82) is 0 Å². The lowest BCUT2D eigenvalue weighted by Crippen LogP contribution is -2.48. The number of ether oxygens (including phenoxy) is 1. The Morgan fingerprint density at radius 2 is 1.57 bits per heavy atom. The number of benzene rings is 2. The molecule has 2 N–H and O–H groups in total. The Kier molecular flexibility index (Phi) is 8.08. The van der Waals surface area contributed by atoms with E-state index in [-0.39, 0.29) is 0 Å². The Bertz CT molecular complexity index is 1440. The van der Waals surface area contributed by atoms with Crippen LogP contribution in [0.3, 0.4) is 0 Å². The molecule has 2 aliphatic heterocycles. The van der Waals surface area contributed by atoms with Crippen LogP contribution >= 0.6 is 11.6 Å². The van der Waals surface area contributed by atoms with Crippen LogP contribution < -0.4 is 20.4 Å². The maximum atomic E-state index is 6.14. The molecule has 0 spiro atoms. The molecule has 11 heteroatoms. The number of piperazine rings is 1. The number of pyridine rings is 1. The van der Waals surface area contributed by atoms with Gasteiger partial charge in [0.15, 0.2) is 0 Å². The fraction of sp³-hybridized carbons (Fsp3) is 0.379. The Morgan fingerprint density at radius 3 is 2.33 bits per heavy atom. The van der Waals surface area contributed by atoms with Gasteiger partial charge in [-0.15, -0.1) is 0 Å². The van der Waals surface area contributed by atoms with Crippen LogP contribution in [-0.4, -0.2) is 90.4 Å². The summed E-state index contributed by atoms with van der Waals surface area (Å²) in [7, 11) is 0. The number of halogens is 1. The second-order valence-electron chi connectivity index (χ2n) is 10.1. The van der Waals surface area contributed by atoms with E-state index in [2.05, 4.69) is 49.4 Å². The van der Waals surface area contributed by atoms with Gasteiger partial charge in [0.1, 0.15) is 0 Å². The van der Waals surface area contributed by atoms with Crippen molar-refractivity contribution in [3.05, 3.63) is 65.3 Å². The zero-order valence-corrected chi connectivity index (χ0v) is 23.4. The van der Waals surface area contributed by atoms with Crippen LogP contribution in [0.4, 0.5) is 29.2 Å². The minimum absolute atomic E-state index is 0.563. The summed E-state index contributed by atoms with van der Waals surface area (Å²) in [6.07, 6.45) is 1.82. The number of aryl methyl sites for hydroxylation is 1. The standard InChI is InChI=1S/C29H34ClN9O/c1-21-2-5-23(6-3-21)33-27-34-28(36-29(35-27)39-16-18-40-19-17-39)38-14-12-37(13-15-38)11-10-32-25-8-9-31-26-20-22(30)4-7-24(25)26/h2-9,20H,10-19H2,1H3,(H,31,32)(H,33,34,35,36). The molecule has 2 aromatic heterocycles. The van der Waals surface area contributed by atoms with Crippen LogP contribution in [0, 0.1) is 6.92 Å². The molecule has 208 valence electrons. The first-order valence-corrected chi connectivity index (χ1v) is 14.2. The Morgan fingerprint density at radius 1 is 0.850 bits per heavy atom. The number of fused-ring (bicyclic) bond motifs is 1. The summed E-state index contributed by atoms with van der Waals surface area (Å²) in [4.78, 5) is 25.8. The van der Waals surface area contributed by atoms with Gasteiger partial charge in [-0.05, 0) is 43.3 Å². The highest BCUT2D eigenvalue weighted by Gasteiger charge is 2.23. The number of nitrogens with zero attached hydrogens (tertiary/aromatic N) is 7. The van der Waals surface area contributed by atoms with Gasteiger partial charge >= 0.3 is 0 Å². The molecule has 0 bridgehead atoms. The fourth-order valence-electron chi connectivity index (χ4n) is 5.02. The molecular weight excluding hydrogens is 526 g/mol. The zero-order chi connectivity index (χ0) is 27.3. The molecule has 2 aromatic carbocycles. The van der Waals surface area contributed by atoms with Gasteiger partial charge in [-0.25, -0.2) is 0 Å². The van der Waals surface area contributed by atoms with Gasteiger partial charge in [0.2, 0.25) is 17.8 Å². The van der Waals surface area contributed by atoms with Gasteiger partial charge in [0.25, 0.3) is 0 Å². The van der Waals surface area contributed by atoms with E-state index in [0.29, 0.717) is 36.1 Å². The van der Waals surface area contributed by atoms with Crippen molar-refractivity contribution in [3.63, 3.8) is 0 Å². The number of morpholine rings is 1. The van der Waals surface area contributed by atoms with Crippen LogP contribution in [0.25, 0.3) is 10.9 Å². The van der Waals surface area contributed by atoms with Crippen LogP contribution in [0.1, 0.15) is 5.56 Å². The van der Waals surface area contributed by atoms with Crippen LogP contribution in [0.2, 0.25) is 5.02 Å². The predicted octanol–water partition coefficient (Wildman–Crippen LogP) is 4.20. The second-order valence-corrected chi connectivity index (χ2v) is 10.6. The van der Waals surface area contributed by atoms with Crippen molar-refractivity contribution in [2.24, 2.45) is 0 Å². The van der Waals surface area contributed by atoms with Gasteiger partial charge in [0, 0.05) is 80.3 Å². The van der Waals surface area contributed by atoms with Crippen LogP contribution in [0.15, 0.2) is 54.7 Å². The number of anilines is 5. The molecule has 2 fully saturated rings. The molecule has 10 nitrogen and oxygen atoms in total. The first-order chi connectivity index (χ1) is 19.6. The third-order valence-electron chi connectivity index (χ3n) is 7.32. The molecule has 0 unspecified atom stereocenters. The molecule has 0 amide bonds. The number of nitrogens with one attached hydrogen (secondary N) is 2. The van der Waals surface area contributed by atoms with Crippen molar-refractivity contribution in [2.75, 3.05) is 86.0 Å². The predicted molar refractivity (Wildman–Crippen MR) is 161 cm³/mol. The van der Waals surface area contributed by atoms with Gasteiger partial charge in [0.05, 0.1) is 18.7 Å². The lowest BCUT2D eigenvalue weighted by atomic mass is 10.2. The molecule has 0 saturated carbocycles.